The zero-order valence-corrected chi connectivity index (χ0v) is 12.3. The van der Waals surface area contributed by atoms with Gasteiger partial charge in [-0.05, 0) is 17.2 Å². The third kappa shape index (κ3) is 3.84. The van der Waals surface area contributed by atoms with Crippen LogP contribution in [-0.4, -0.2) is 18.9 Å². The number of hydrogen-bond donors (Lipinski definition) is 0. The topological polar surface area (TPSA) is 92.1 Å². The van der Waals surface area contributed by atoms with Crippen molar-refractivity contribution in [2.75, 3.05) is 7.11 Å². The second kappa shape index (κ2) is 7.59. The fourth-order valence-electron chi connectivity index (χ4n) is 2.00. The first-order chi connectivity index (χ1) is 11.2. The summed E-state index contributed by atoms with van der Waals surface area (Å²) in [5, 5.41) is 3.32. The van der Waals surface area contributed by atoms with Crippen molar-refractivity contribution in [2.45, 2.75) is 0 Å². The molecule has 0 aromatic heterocycles. The van der Waals surface area contributed by atoms with Gasteiger partial charge in [0.1, 0.15) is 5.70 Å². The standard InChI is InChI=1S/C17H13N3O3/c1-23-17(22)15(19-20-18)11-13-9-5-6-10-14(13)16(21)12-7-3-2-4-8-12/h2-11H,1H3/b15-11-. The number of rotatable bonds is 5. The van der Waals surface area contributed by atoms with Crippen LogP contribution in [0.2, 0.25) is 0 Å². The van der Waals surface area contributed by atoms with Gasteiger partial charge >= 0.3 is 5.97 Å². The van der Waals surface area contributed by atoms with Crippen molar-refractivity contribution in [3.63, 3.8) is 0 Å². The second-order valence-electron chi connectivity index (χ2n) is 4.49. The van der Waals surface area contributed by atoms with Gasteiger partial charge in [0.25, 0.3) is 0 Å². The molecule has 0 atom stereocenters. The summed E-state index contributed by atoms with van der Waals surface area (Å²) in [7, 11) is 1.18. The molecule has 0 unspecified atom stereocenters. The summed E-state index contributed by atoms with van der Waals surface area (Å²) in [6, 6.07) is 15.5. The van der Waals surface area contributed by atoms with Gasteiger partial charge in [-0.15, -0.1) is 0 Å². The van der Waals surface area contributed by atoms with Crippen LogP contribution in [0.4, 0.5) is 0 Å². The number of carbonyl (C=O) groups is 2. The first-order valence-corrected chi connectivity index (χ1v) is 6.71. The molecule has 114 valence electrons. The highest BCUT2D eigenvalue weighted by Gasteiger charge is 2.14. The maximum atomic E-state index is 12.6. The minimum Gasteiger partial charge on any atom is -0.466 e. The van der Waals surface area contributed by atoms with E-state index in [1.165, 1.54) is 13.2 Å². The Labute approximate surface area is 132 Å². The molecule has 6 nitrogen and oxygen atoms in total. The van der Waals surface area contributed by atoms with Crippen molar-refractivity contribution < 1.29 is 14.3 Å². The summed E-state index contributed by atoms with van der Waals surface area (Å²) < 4.78 is 4.57. The van der Waals surface area contributed by atoms with Crippen molar-refractivity contribution in [3.8, 4) is 0 Å². The fourth-order valence-corrected chi connectivity index (χ4v) is 2.00. The van der Waals surface area contributed by atoms with E-state index >= 15 is 0 Å². The SMILES string of the molecule is COC(=O)/C(=C/c1ccccc1C(=O)c1ccccc1)N=[N+]=[N-]. The Kier molecular flexibility index (Phi) is 5.28. The predicted molar refractivity (Wildman–Crippen MR) is 85.5 cm³/mol. The Balaban J connectivity index is 2.51. The van der Waals surface area contributed by atoms with E-state index in [1.807, 2.05) is 6.07 Å². The maximum Gasteiger partial charge on any atom is 0.340 e. The van der Waals surface area contributed by atoms with Crippen molar-refractivity contribution in [2.24, 2.45) is 5.11 Å². The van der Waals surface area contributed by atoms with Gasteiger partial charge in [-0.2, -0.15) is 0 Å². The highest BCUT2D eigenvalue weighted by atomic mass is 16.5. The van der Waals surface area contributed by atoms with Gasteiger partial charge < -0.3 is 4.74 Å². The number of ether oxygens (including phenoxy) is 1. The number of nitrogens with zero attached hydrogens (tertiary/aromatic N) is 3. The lowest BCUT2D eigenvalue weighted by molar-refractivity contribution is -0.136. The average Bonchev–Trinajstić information content (AvgIpc) is 2.61. The smallest absolute Gasteiger partial charge is 0.340 e. The summed E-state index contributed by atoms with van der Waals surface area (Å²) in [6.45, 7) is 0. The Bertz CT molecular complexity index is 807. The van der Waals surface area contributed by atoms with Crippen LogP contribution in [-0.2, 0) is 9.53 Å². The van der Waals surface area contributed by atoms with E-state index < -0.39 is 5.97 Å². The van der Waals surface area contributed by atoms with Crippen LogP contribution in [0.3, 0.4) is 0 Å². The van der Waals surface area contributed by atoms with Crippen LogP contribution >= 0.6 is 0 Å². The molecule has 2 aromatic rings. The Morgan fingerprint density at radius 3 is 2.39 bits per heavy atom. The number of hydrogen-bond acceptors (Lipinski definition) is 4. The van der Waals surface area contributed by atoms with E-state index in [9.17, 15) is 9.59 Å². The van der Waals surface area contributed by atoms with Crippen molar-refractivity contribution in [1.29, 1.82) is 0 Å². The van der Waals surface area contributed by atoms with Gasteiger partial charge in [0, 0.05) is 16.0 Å². The van der Waals surface area contributed by atoms with Crippen LogP contribution in [0.15, 0.2) is 65.4 Å². The Morgan fingerprint density at radius 1 is 1.09 bits per heavy atom. The number of azide groups is 1. The molecule has 0 aliphatic heterocycles. The molecule has 0 bridgehead atoms. The Morgan fingerprint density at radius 2 is 1.74 bits per heavy atom. The summed E-state index contributed by atoms with van der Waals surface area (Å²) in [4.78, 5) is 26.8. The highest BCUT2D eigenvalue weighted by Crippen LogP contribution is 2.18. The van der Waals surface area contributed by atoms with E-state index in [1.54, 1.807) is 48.5 Å². The van der Waals surface area contributed by atoms with Gasteiger partial charge in [0.15, 0.2) is 5.78 Å². The molecule has 0 fully saturated rings. The van der Waals surface area contributed by atoms with Gasteiger partial charge in [0.2, 0.25) is 0 Å². The van der Waals surface area contributed by atoms with Gasteiger partial charge in [0.05, 0.1) is 7.11 Å². The third-order valence-electron chi connectivity index (χ3n) is 3.08. The highest BCUT2D eigenvalue weighted by molar-refractivity contribution is 6.11. The van der Waals surface area contributed by atoms with Gasteiger partial charge in [-0.1, -0.05) is 59.7 Å². The minimum atomic E-state index is -0.773. The summed E-state index contributed by atoms with van der Waals surface area (Å²) in [5.41, 5.74) is 9.73. The van der Waals surface area contributed by atoms with Gasteiger partial charge in [-0.25, -0.2) is 4.79 Å². The monoisotopic (exact) mass is 307 g/mol. The van der Waals surface area contributed by atoms with Crippen molar-refractivity contribution in [3.05, 3.63) is 87.4 Å². The van der Waals surface area contributed by atoms with Crippen LogP contribution in [0.1, 0.15) is 21.5 Å². The number of benzene rings is 2. The van der Waals surface area contributed by atoms with Crippen molar-refractivity contribution >= 4 is 17.8 Å². The quantitative estimate of drug-likeness (QED) is 0.210. The van der Waals surface area contributed by atoms with E-state index in [2.05, 4.69) is 14.8 Å². The fraction of sp³-hybridized carbons (Fsp3) is 0.0588. The molecule has 0 saturated carbocycles. The molecule has 0 spiro atoms. The van der Waals surface area contributed by atoms with E-state index in [4.69, 9.17) is 5.53 Å². The van der Waals surface area contributed by atoms with E-state index in [0.29, 0.717) is 16.7 Å². The lowest BCUT2D eigenvalue weighted by atomic mass is 9.98. The van der Waals surface area contributed by atoms with Crippen LogP contribution in [0, 0.1) is 0 Å². The van der Waals surface area contributed by atoms with Gasteiger partial charge in [-0.3, -0.25) is 4.79 Å². The number of ketones is 1. The average molecular weight is 307 g/mol. The third-order valence-corrected chi connectivity index (χ3v) is 3.08. The molecule has 6 heteroatoms. The first-order valence-electron chi connectivity index (χ1n) is 6.71. The second-order valence-corrected chi connectivity index (χ2v) is 4.49. The lowest BCUT2D eigenvalue weighted by Crippen LogP contribution is -2.05. The summed E-state index contributed by atoms with van der Waals surface area (Å²) in [5.74, 6) is -0.965. The molecule has 2 rings (SSSR count). The zero-order valence-electron chi connectivity index (χ0n) is 12.3. The molecule has 0 aliphatic rings. The molecule has 0 saturated heterocycles. The van der Waals surface area contributed by atoms with E-state index in [-0.39, 0.29) is 11.5 Å². The predicted octanol–water partition coefficient (Wildman–Crippen LogP) is 3.74. The van der Waals surface area contributed by atoms with Crippen molar-refractivity contribution in [1.82, 2.24) is 0 Å². The maximum absolute atomic E-state index is 12.6. The van der Waals surface area contributed by atoms with E-state index in [0.717, 1.165) is 0 Å². The molecule has 0 N–H and O–H groups in total. The zero-order chi connectivity index (χ0) is 16.7. The molecular formula is C17H13N3O3. The number of esters is 1. The molecule has 0 radical (unpaired) electrons. The molecular weight excluding hydrogens is 294 g/mol. The first kappa shape index (κ1) is 16.0. The molecule has 0 heterocycles. The summed E-state index contributed by atoms with van der Waals surface area (Å²) in [6.07, 6.45) is 1.34. The van der Waals surface area contributed by atoms with Crippen LogP contribution < -0.4 is 0 Å². The Hall–Kier alpha value is -3.37. The summed E-state index contributed by atoms with van der Waals surface area (Å²) >= 11 is 0. The van der Waals surface area contributed by atoms with Crippen LogP contribution in [0.5, 0.6) is 0 Å². The number of methoxy groups -OCH3 is 1. The number of carbonyl (C=O) groups excluding carboxylic acids is 2. The molecule has 0 aliphatic carbocycles. The normalized spacial score (nSPS) is 10.6. The molecule has 23 heavy (non-hydrogen) atoms. The minimum absolute atomic E-state index is 0.192. The largest absolute Gasteiger partial charge is 0.466 e. The van der Waals surface area contributed by atoms with Crippen LogP contribution in [0.25, 0.3) is 16.5 Å². The molecule has 2 aromatic carbocycles. The molecule has 0 amide bonds. The lowest BCUT2D eigenvalue weighted by Gasteiger charge is -2.06.